The summed E-state index contributed by atoms with van der Waals surface area (Å²) in [5.41, 5.74) is 1.54. The van der Waals surface area contributed by atoms with E-state index >= 15 is 0 Å². The number of carbonyl (C=O) groups is 1. The molecule has 116 valence electrons. The topological polar surface area (TPSA) is 62.2 Å². The van der Waals surface area contributed by atoms with Crippen LogP contribution >= 0.6 is 23.2 Å². The van der Waals surface area contributed by atoms with Crippen molar-refractivity contribution in [3.8, 4) is 0 Å². The zero-order valence-corrected chi connectivity index (χ0v) is 13.3. The van der Waals surface area contributed by atoms with E-state index < -0.39 is 6.10 Å². The van der Waals surface area contributed by atoms with Crippen molar-refractivity contribution >= 4 is 29.1 Å². The highest BCUT2D eigenvalue weighted by Crippen LogP contribution is 2.25. The van der Waals surface area contributed by atoms with Crippen molar-refractivity contribution in [3.63, 3.8) is 0 Å². The minimum absolute atomic E-state index is 0.104. The first-order valence-corrected chi connectivity index (χ1v) is 7.60. The van der Waals surface area contributed by atoms with Crippen LogP contribution in [0, 0.1) is 0 Å². The third-order valence-electron chi connectivity index (χ3n) is 3.18. The number of nitrogens with zero attached hydrogens (tertiary/aromatic N) is 1. The Kier molecular flexibility index (Phi) is 6.19. The number of aryl methyl sites for hydroxylation is 1. The van der Waals surface area contributed by atoms with E-state index in [4.69, 9.17) is 23.2 Å². The van der Waals surface area contributed by atoms with Gasteiger partial charge in [-0.3, -0.25) is 9.78 Å². The van der Waals surface area contributed by atoms with Gasteiger partial charge in [-0.05, 0) is 30.2 Å². The second kappa shape index (κ2) is 8.13. The normalized spacial score (nSPS) is 12.0. The quantitative estimate of drug-likeness (QED) is 0.850. The molecule has 1 atom stereocenters. The van der Waals surface area contributed by atoms with E-state index in [0.717, 1.165) is 5.56 Å². The summed E-state index contributed by atoms with van der Waals surface area (Å²) in [6, 6.07) is 8.61. The molecule has 0 saturated carbocycles. The second-order valence-electron chi connectivity index (χ2n) is 4.85. The molecule has 1 heterocycles. The third kappa shape index (κ3) is 4.98. The maximum atomic E-state index is 11.8. The maximum Gasteiger partial charge on any atom is 0.220 e. The summed E-state index contributed by atoms with van der Waals surface area (Å²) >= 11 is 11.8. The molecule has 1 aromatic heterocycles. The van der Waals surface area contributed by atoms with Gasteiger partial charge in [-0.25, -0.2) is 0 Å². The number of hydrogen-bond acceptors (Lipinski definition) is 3. The highest BCUT2D eigenvalue weighted by atomic mass is 35.5. The van der Waals surface area contributed by atoms with Gasteiger partial charge in [-0.15, -0.1) is 0 Å². The van der Waals surface area contributed by atoms with Gasteiger partial charge in [0, 0.05) is 41.0 Å². The zero-order valence-electron chi connectivity index (χ0n) is 11.8. The minimum atomic E-state index is -0.868. The molecular formula is C16H16Cl2N2O2. The number of aliphatic hydroxyl groups excluding tert-OH is 1. The largest absolute Gasteiger partial charge is 0.387 e. The van der Waals surface area contributed by atoms with Crippen LogP contribution in [0.2, 0.25) is 10.0 Å². The molecule has 0 aliphatic heterocycles. The molecule has 2 aromatic rings. The van der Waals surface area contributed by atoms with E-state index in [1.807, 2.05) is 12.1 Å². The van der Waals surface area contributed by atoms with Crippen molar-refractivity contribution in [2.45, 2.75) is 18.9 Å². The average Bonchev–Trinajstić information content (AvgIpc) is 2.51. The van der Waals surface area contributed by atoms with Crippen LogP contribution in [0.5, 0.6) is 0 Å². The van der Waals surface area contributed by atoms with Crippen molar-refractivity contribution in [2.75, 3.05) is 6.54 Å². The second-order valence-corrected chi connectivity index (χ2v) is 5.69. The Labute approximate surface area is 139 Å². The van der Waals surface area contributed by atoms with Gasteiger partial charge < -0.3 is 10.4 Å². The summed E-state index contributed by atoms with van der Waals surface area (Å²) in [5.74, 6) is -0.131. The molecule has 0 spiro atoms. The first-order valence-electron chi connectivity index (χ1n) is 6.85. The first-order chi connectivity index (χ1) is 10.6. The number of rotatable bonds is 6. The highest BCUT2D eigenvalue weighted by molar-refractivity contribution is 6.35. The number of benzene rings is 1. The Morgan fingerprint density at radius 3 is 2.82 bits per heavy atom. The maximum absolute atomic E-state index is 11.8. The molecule has 0 radical (unpaired) electrons. The fourth-order valence-corrected chi connectivity index (χ4v) is 2.52. The Hall–Kier alpha value is -1.62. The van der Waals surface area contributed by atoms with Gasteiger partial charge in [-0.1, -0.05) is 35.3 Å². The van der Waals surface area contributed by atoms with Crippen molar-refractivity contribution in [2.24, 2.45) is 0 Å². The van der Waals surface area contributed by atoms with E-state index in [1.54, 1.807) is 30.6 Å². The van der Waals surface area contributed by atoms with Gasteiger partial charge in [0.2, 0.25) is 5.91 Å². The number of nitrogens with one attached hydrogen (secondary N) is 1. The third-order valence-corrected chi connectivity index (χ3v) is 3.74. The monoisotopic (exact) mass is 338 g/mol. The fourth-order valence-electron chi connectivity index (χ4n) is 1.98. The lowest BCUT2D eigenvalue weighted by Gasteiger charge is -2.14. The summed E-state index contributed by atoms with van der Waals surface area (Å²) in [4.78, 5) is 15.8. The predicted molar refractivity (Wildman–Crippen MR) is 87.0 cm³/mol. The number of amides is 1. The molecule has 22 heavy (non-hydrogen) atoms. The summed E-state index contributed by atoms with van der Waals surface area (Å²) in [5, 5.41) is 13.6. The molecule has 1 amide bonds. The Morgan fingerprint density at radius 2 is 2.14 bits per heavy atom. The van der Waals surface area contributed by atoms with Gasteiger partial charge in [0.15, 0.2) is 0 Å². The van der Waals surface area contributed by atoms with Gasteiger partial charge in [0.1, 0.15) is 0 Å². The molecule has 1 unspecified atom stereocenters. The fraction of sp³-hybridized carbons (Fsp3) is 0.250. The van der Waals surface area contributed by atoms with Crippen molar-refractivity contribution < 1.29 is 9.90 Å². The number of hydrogen-bond donors (Lipinski definition) is 2. The highest BCUT2D eigenvalue weighted by Gasteiger charge is 2.13. The number of aliphatic hydroxyl groups is 1. The molecule has 0 fully saturated rings. The lowest BCUT2D eigenvalue weighted by atomic mass is 10.1. The van der Waals surface area contributed by atoms with Gasteiger partial charge in [-0.2, -0.15) is 0 Å². The number of aromatic nitrogens is 1. The molecule has 1 aromatic carbocycles. The van der Waals surface area contributed by atoms with Crippen molar-refractivity contribution in [1.82, 2.24) is 10.3 Å². The van der Waals surface area contributed by atoms with Crippen LogP contribution in [-0.2, 0) is 11.2 Å². The molecule has 2 rings (SSSR count). The van der Waals surface area contributed by atoms with Gasteiger partial charge >= 0.3 is 0 Å². The molecule has 0 bridgehead atoms. The van der Waals surface area contributed by atoms with E-state index in [2.05, 4.69) is 10.3 Å². The summed E-state index contributed by atoms with van der Waals surface area (Å²) in [6.45, 7) is 0.104. The predicted octanol–water partition coefficient (Wildman–Crippen LogP) is 3.17. The first kappa shape index (κ1) is 16.7. The van der Waals surface area contributed by atoms with Crippen LogP contribution in [0.1, 0.15) is 23.7 Å². The molecule has 6 heteroatoms. The van der Waals surface area contributed by atoms with Crippen LogP contribution in [0.4, 0.5) is 0 Å². The number of carbonyl (C=O) groups excluding carboxylic acids is 1. The Bertz CT molecular complexity index is 635. The SMILES string of the molecule is O=C(CCc1cccnc1)NCC(O)c1ccc(Cl)cc1Cl. The zero-order chi connectivity index (χ0) is 15.9. The Morgan fingerprint density at radius 1 is 1.32 bits per heavy atom. The van der Waals surface area contributed by atoms with E-state index in [-0.39, 0.29) is 12.5 Å². The minimum Gasteiger partial charge on any atom is -0.387 e. The Balaban J connectivity index is 1.80. The lowest BCUT2D eigenvalue weighted by Crippen LogP contribution is -2.28. The van der Waals surface area contributed by atoms with E-state index in [0.29, 0.717) is 28.5 Å². The standard InChI is InChI=1S/C16H16Cl2N2O2/c17-12-4-5-13(14(18)8-12)15(21)10-20-16(22)6-3-11-2-1-7-19-9-11/h1-2,4-5,7-9,15,21H,3,6,10H2,(H,20,22). The van der Waals surface area contributed by atoms with Crippen LogP contribution in [0.25, 0.3) is 0 Å². The van der Waals surface area contributed by atoms with Crippen LogP contribution < -0.4 is 5.32 Å². The number of pyridine rings is 1. The van der Waals surface area contributed by atoms with Crippen LogP contribution in [-0.4, -0.2) is 22.5 Å². The summed E-state index contributed by atoms with van der Waals surface area (Å²) < 4.78 is 0. The molecule has 4 nitrogen and oxygen atoms in total. The van der Waals surface area contributed by atoms with Gasteiger partial charge in [0.05, 0.1) is 6.10 Å². The molecular weight excluding hydrogens is 323 g/mol. The molecule has 0 saturated heterocycles. The lowest BCUT2D eigenvalue weighted by molar-refractivity contribution is -0.121. The van der Waals surface area contributed by atoms with Crippen molar-refractivity contribution in [1.29, 1.82) is 0 Å². The molecule has 2 N–H and O–H groups in total. The van der Waals surface area contributed by atoms with E-state index in [9.17, 15) is 9.90 Å². The molecule has 0 aliphatic rings. The van der Waals surface area contributed by atoms with Gasteiger partial charge in [0.25, 0.3) is 0 Å². The smallest absolute Gasteiger partial charge is 0.220 e. The average molecular weight is 339 g/mol. The van der Waals surface area contributed by atoms with E-state index in [1.165, 1.54) is 0 Å². The van der Waals surface area contributed by atoms with Crippen LogP contribution in [0.15, 0.2) is 42.7 Å². The number of halogens is 2. The van der Waals surface area contributed by atoms with Crippen molar-refractivity contribution in [3.05, 3.63) is 63.9 Å². The van der Waals surface area contributed by atoms with Crippen LogP contribution in [0.3, 0.4) is 0 Å². The summed E-state index contributed by atoms with van der Waals surface area (Å²) in [6.07, 6.45) is 3.50. The summed E-state index contributed by atoms with van der Waals surface area (Å²) in [7, 11) is 0. The molecule has 0 aliphatic carbocycles.